The highest BCUT2D eigenvalue weighted by atomic mass is 79.9. The molecule has 1 saturated carbocycles. The summed E-state index contributed by atoms with van der Waals surface area (Å²) in [7, 11) is 0. The van der Waals surface area contributed by atoms with Crippen LogP contribution in [0.4, 0.5) is 14.5 Å². The molecule has 2 rings (SSSR count). The molecule has 1 aromatic rings. The van der Waals surface area contributed by atoms with Crippen LogP contribution in [0.2, 0.25) is 0 Å². The minimum Gasteiger partial charge on any atom is -0.388 e. The molecule has 0 heterocycles. The van der Waals surface area contributed by atoms with Crippen molar-refractivity contribution in [3.05, 3.63) is 28.2 Å². The maximum Gasteiger partial charge on any atom is 0.147 e. The summed E-state index contributed by atoms with van der Waals surface area (Å²) in [5.74, 6) is -1.05. The third kappa shape index (κ3) is 2.96. The van der Waals surface area contributed by atoms with Crippen LogP contribution in [-0.4, -0.2) is 17.3 Å². The Labute approximate surface area is 107 Å². The molecule has 0 radical (unpaired) electrons. The van der Waals surface area contributed by atoms with Crippen molar-refractivity contribution < 1.29 is 13.9 Å². The lowest BCUT2D eigenvalue weighted by Crippen LogP contribution is -2.33. The molecule has 1 aliphatic carbocycles. The van der Waals surface area contributed by atoms with E-state index in [0.717, 1.165) is 25.0 Å². The zero-order valence-corrected chi connectivity index (χ0v) is 10.9. The van der Waals surface area contributed by atoms with Crippen molar-refractivity contribution in [2.24, 2.45) is 0 Å². The molecule has 0 bridgehead atoms. The predicted octanol–water partition coefficient (Wildman–Crippen LogP) is 3.44. The Morgan fingerprint density at radius 3 is 2.53 bits per heavy atom. The molecule has 1 aromatic carbocycles. The van der Waals surface area contributed by atoms with E-state index in [2.05, 4.69) is 21.2 Å². The van der Waals surface area contributed by atoms with Gasteiger partial charge >= 0.3 is 0 Å². The van der Waals surface area contributed by atoms with E-state index < -0.39 is 17.2 Å². The highest BCUT2D eigenvalue weighted by molar-refractivity contribution is 9.10. The third-order valence-corrected chi connectivity index (χ3v) is 3.76. The molecule has 0 saturated heterocycles. The molecular weight excluding hydrogens is 292 g/mol. The largest absolute Gasteiger partial charge is 0.388 e. The van der Waals surface area contributed by atoms with Gasteiger partial charge in [0.25, 0.3) is 0 Å². The number of halogens is 3. The second-order valence-corrected chi connectivity index (χ2v) is 5.39. The molecule has 0 spiro atoms. The van der Waals surface area contributed by atoms with Gasteiger partial charge in [0.15, 0.2) is 0 Å². The number of hydrogen-bond acceptors (Lipinski definition) is 2. The van der Waals surface area contributed by atoms with E-state index >= 15 is 0 Å². The molecule has 17 heavy (non-hydrogen) atoms. The monoisotopic (exact) mass is 305 g/mol. The summed E-state index contributed by atoms with van der Waals surface area (Å²) in [5, 5.41) is 12.9. The van der Waals surface area contributed by atoms with Gasteiger partial charge in [-0.15, -0.1) is 0 Å². The molecule has 94 valence electrons. The quantitative estimate of drug-likeness (QED) is 0.838. The normalized spacial score (nSPS) is 18.4. The molecule has 0 aromatic heterocycles. The van der Waals surface area contributed by atoms with Gasteiger partial charge in [0, 0.05) is 12.6 Å². The van der Waals surface area contributed by atoms with Gasteiger partial charge < -0.3 is 10.4 Å². The highest BCUT2D eigenvalue weighted by Crippen LogP contribution is 2.30. The van der Waals surface area contributed by atoms with Crippen LogP contribution in [0.15, 0.2) is 16.6 Å². The SMILES string of the molecule is OC1(CNc2cc(F)c(Br)cc2F)CCCC1. The maximum atomic E-state index is 13.5. The van der Waals surface area contributed by atoms with Crippen molar-refractivity contribution in [3.8, 4) is 0 Å². The summed E-state index contributed by atoms with van der Waals surface area (Å²) in [6, 6.07) is 2.17. The van der Waals surface area contributed by atoms with Crippen LogP contribution in [0.3, 0.4) is 0 Å². The van der Waals surface area contributed by atoms with Crippen molar-refractivity contribution in [2.45, 2.75) is 31.3 Å². The van der Waals surface area contributed by atoms with Crippen molar-refractivity contribution >= 4 is 21.6 Å². The Morgan fingerprint density at radius 1 is 1.24 bits per heavy atom. The highest BCUT2D eigenvalue weighted by Gasteiger charge is 2.30. The number of rotatable bonds is 3. The topological polar surface area (TPSA) is 32.3 Å². The van der Waals surface area contributed by atoms with Gasteiger partial charge in [0.05, 0.1) is 15.8 Å². The summed E-state index contributed by atoms with van der Waals surface area (Å²) < 4.78 is 26.8. The number of aliphatic hydroxyl groups is 1. The summed E-state index contributed by atoms with van der Waals surface area (Å²) in [5.41, 5.74) is -0.693. The van der Waals surface area contributed by atoms with E-state index in [9.17, 15) is 13.9 Å². The molecule has 5 heteroatoms. The minimum atomic E-state index is -0.782. The summed E-state index contributed by atoms with van der Waals surface area (Å²) in [6.07, 6.45) is 3.38. The van der Waals surface area contributed by atoms with Crippen molar-refractivity contribution in [1.82, 2.24) is 0 Å². The summed E-state index contributed by atoms with van der Waals surface area (Å²) >= 11 is 2.92. The van der Waals surface area contributed by atoms with Gasteiger partial charge in [-0.2, -0.15) is 0 Å². The van der Waals surface area contributed by atoms with Gasteiger partial charge in [-0.25, -0.2) is 8.78 Å². The first-order valence-corrected chi connectivity index (χ1v) is 6.40. The number of nitrogens with one attached hydrogen (secondary N) is 1. The van der Waals surface area contributed by atoms with E-state index in [1.54, 1.807) is 0 Å². The Bertz CT molecular complexity index is 419. The maximum absolute atomic E-state index is 13.5. The molecule has 2 N–H and O–H groups in total. The molecule has 0 aliphatic heterocycles. The van der Waals surface area contributed by atoms with Crippen molar-refractivity contribution in [3.63, 3.8) is 0 Å². The number of benzene rings is 1. The molecule has 1 fully saturated rings. The summed E-state index contributed by atoms with van der Waals surface area (Å²) in [6.45, 7) is 0.255. The van der Waals surface area contributed by atoms with Gasteiger partial charge in [-0.1, -0.05) is 12.8 Å². The second-order valence-electron chi connectivity index (χ2n) is 4.53. The molecule has 0 amide bonds. The van der Waals surface area contributed by atoms with Crippen LogP contribution in [-0.2, 0) is 0 Å². The van der Waals surface area contributed by atoms with Crippen molar-refractivity contribution in [2.75, 3.05) is 11.9 Å². The fourth-order valence-corrected chi connectivity index (χ4v) is 2.44. The fourth-order valence-electron chi connectivity index (χ4n) is 2.13. The minimum absolute atomic E-state index is 0.0889. The standard InChI is InChI=1S/C12H14BrF2NO/c13-8-5-10(15)11(6-9(8)14)16-7-12(17)3-1-2-4-12/h5-6,16-17H,1-4,7H2. The summed E-state index contributed by atoms with van der Waals surface area (Å²) in [4.78, 5) is 0. The first-order valence-electron chi connectivity index (χ1n) is 5.61. The van der Waals surface area contributed by atoms with E-state index in [1.165, 1.54) is 0 Å². The lowest BCUT2D eigenvalue weighted by atomic mass is 10.0. The predicted molar refractivity (Wildman–Crippen MR) is 66.0 cm³/mol. The molecule has 2 nitrogen and oxygen atoms in total. The average molecular weight is 306 g/mol. The Morgan fingerprint density at radius 2 is 1.88 bits per heavy atom. The second kappa shape index (κ2) is 4.90. The fraction of sp³-hybridized carbons (Fsp3) is 0.500. The Hall–Kier alpha value is -0.680. The first kappa shape index (κ1) is 12.8. The number of hydrogen-bond donors (Lipinski definition) is 2. The van der Waals surface area contributed by atoms with Crippen LogP contribution in [0.1, 0.15) is 25.7 Å². The van der Waals surface area contributed by atoms with Crippen molar-refractivity contribution in [1.29, 1.82) is 0 Å². The van der Waals surface area contributed by atoms with Gasteiger partial charge in [-0.3, -0.25) is 0 Å². The van der Waals surface area contributed by atoms with Crippen LogP contribution < -0.4 is 5.32 Å². The smallest absolute Gasteiger partial charge is 0.147 e. The Balaban J connectivity index is 2.06. The van der Waals surface area contributed by atoms with E-state index in [0.29, 0.717) is 12.8 Å². The van der Waals surface area contributed by atoms with Gasteiger partial charge in [-0.05, 0) is 34.8 Å². The lowest BCUT2D eigenvalue weighted by molar-refractivity contribution is 0.0614. The lowest BCUT2D eigenvalue weighted by Gasteiger charge is -2.23. The van der Waals surface area contributed by atoms with Gasteiger partial charge in [0.1, 0.15) is 11.6 Å². The molecule has 0 atom stereocenters. The van der Waals surface area contributed by atoms with Gasteiger partial charge in [0.2, 0.25) is 0 Å². The zero-order valence-electron chi connectivity index (χ0n) is 9.27. The van der Waals surface area contributed by atoms with Crippen LogP contribution in [0.5, 0.6) is 0 Å². The first-order chi connectivity index (χ1) is 8.00. The average Bonchev–Trinajstić information content (AvgIpc) is 2.69. The Kier molecular flexibility index (Phi) is 3.68. The van der Waals surface area contributed by atoms with E-state index in [-0.39, 0.29) is 16.7 Å². The molecular formula is C12H14BrF2NO. The number of anilines is 1. The third-order valence-electron chi connectivity index (χ3n) is 3.15. The van der Waals surface area contributed by atoms with Crippen LogP contribution in [0, 0.1) is 11.6 Å². The molecule has 1 aliphatic rings. The van der Waals surface area contributed by atoms with Crippen LogP contribution >= 0.6 is 15.9 Å². The zero-order chi connectivity index (χ0) is 12.5. The van der Waals surface area contributed by atoms with E-state index in [1.807, 2.05) is 0 Å². The van der Waals surface area contributed by atoms with Crippen LogP contribution in [0.25, 0.3) is 0 Å². The molecule has 0 unspecified atom stereocenters. The van der Waals surface area contributed by atoms with E-state index in [4.69, 9.17) is 0 Å².